The number of rotatable bonds is 2. The largest absolute Gasteiger partial charge is 0.478 e. The summed E-state index contributed by atoms with van der Waals surface area (Å²) >= 11 is 0. The van der Waals surface area contributed by atoms with Crippen LogP contribution in [0.25, 0.3) is 16.5 Å². The van der Waals surface area contributed by atoms with Crippen molar-refractivity contribution in [1.82, 2.24) is 4.57 Å². The van der Waals surface area contributed by atoms with Gasteiger partial charge >= 0.3 is 5.97 Å². The van der Waals surface area contributed by atoms with Crippen LogP contribution in [0.2, 0.25) is 0 Å². The van der Waals surface area contributed by atoms with E-state index in [0.29, 0.717) is 6.04 Å². The summed E-state index contributed by atoms with van der Waals surface area (Å²) in [4.78, 5) is 10.9. The monoisotopic (exact) mass is 255 g/mol. The van der Waals surface area contributed by atoms with Gasteiger partial charge in [0.15, 0.2) is 0 Å². The number of benzene rings is 1. The van der Waals surface area contributed by atoms with Crippen LogP contribution in [0.4, 0.5) is 0 Å². The summed E-state index contributed by atoms with van der Waals surface area (Å²) < 4.78 is 2.28. The molecule has 19 heavy (non-hydrogen) atoms. The van der Waals surface area contributed by atoms with Crippen molar-refractivity contribution in [3.8, 4) is 0 Å². The molecular weight excluding hydrogens is 238 g/mol. The van der Waals surface area contributed by atoms with Gasteiger partial charge in [-0.2, -0.15) is 0 Å². The number of hydrogen-bond donors (Lipinski definition) is 1. The molecule has 1 heterocycles. The number of allylic oxidation sites excluding steroid dienone is 1. The molecule has 1 aromatic heterocycles. The Balaban J connectivity index is 2.30. The van der Waals surface area contributed by atoms with Crippen LogP contribution in [0.1, 0.15) is 37.4 Å². The third-order valence-corrected chi connectivity index (χ3v) is 3.80. The van der Waals surface area contributed by atoms with Crippen molar-refractivity contribution >= 4 is 22.4 Å². The van der Waals surface area contributed by atoms with E-state index in [0.717, 1.165) is 24.0 Å². The second kappa shape index (κ2) is 4.26. The molecule has 0 saturated carbocycles. The van der Waals surface area contributed by atoms with Crippen LogP contribution in [0, 0.1) is 0 Å². The van der Waals surface area contributed by atoms with Gasteiger partial charge in [-0.15, -0.1) is 0 Å². The Bertz CT molecular complexity index is 692. The number of hydrogen-bond acceptors (Lipinski definition) is 1. The molecule has 0 fully saturated rings. The second-order valence-corrected chi connectivity index (χ2v) is 5.36. The first-order chi connectivity index (χ1) is 9.08. The molecule has 0 amide bonds. The van der Waals surface area contributed by atoms with Gasteiger partial charge in [0, 0.05) is 29.2 Å². The maximum Gasteiger partial charge on any atom is 0.328 e. The van der Waals surface area contributed by atoms with Gasteiger partial charge < -0.3 is 9.67 Å². The van der Waals surface area contributed by atoms with E-state index in [1.807, 2.05) is 12.1 Å². The van der Waals surface area contributed by atoms with Gasteiger partial charge in [0.1, 0.15) is 0 Å². The first-order valence-electron chi connectivity index (χ1n) is 6.64. The van der Waals surface area contributed by atoms with Crippen molar-refractivity contribution in [3.05, 3.63) is 41.6 Å². The number of aryl methyl sites for hydroxylation is 1. The zero-order valence-corrected chi connectivity index (χ0v) is 11.2. The third kappa shape index (κ3) is 1.86. The van der Waals surface area contributed by atoms with E-state index in [-0.39, 0.29) is 0 Å². The maximum absolute atomic E-state index is 10.9. The minimum absolute atomic E-state index is 0.413. The summed E-state index contributed by atoms with van der Waals surface area (Å²) in [6, 6.07) is 6.58. The molecule has 3 nitrogen and oxygen atoms in total. The van der Waals surface area contributed by atoms with E-state index in [1.165, 1.54) is 22.5 Å². The van der Waals surface area contributed by atoms with Crippen molar-refractivity contribution in [2.75, 3.05) is 0 Å². The van der Waals surface area contributed by atoms with Gasteiger partial charge in [-0.25, -0.2) is 4.79 Å². The van der Waals surface area contributed by atoms with Gasteiger partial charge in [-0.05, 0) is 49.5 Å². The lowest BCUT2D eigenvalue weighted by Gasteiger charge is -2.15. The van der Waals surface area contributed by atoms with Crippen molar-refractivity contribution in [2.45, 2.75) is 32.7 Å². The number of aromatic nitrogens is 1. The van der Waals surface area contributed by atoms with Gasteiger partial charge in [-0.3, -0.25) is 0 Å². The van der Waals surface area contributed by atoms with Gasteiger partial charge in [0.25, 0.3) is 0 Å². The molecule has 0 atom stereocenters. The lowest BCUT2D eigenvalue weighted by Crippen LogP contribution is -2.00. The first kappa shape index (κ1) is 12.0. The quantitative estimate of drug-likeness (QED) is 0.832. The second-order valence-electron chi connectivity index (χ2n) is 5.36. The first-order valence-corrected chi connectivity index (χ1v) is 6.64. The van der Waals surface area contributed by atoms with Crippen LogP contribution >= 0.6 is 0 Å². The van der Waals surface area contributed by atoms with E-state index < -0.39 is 5.97 Å². The van der Waals surface area contributed by atoms with E-state index in [9.17, 15) is 4.79 Å². The van der Waals surface area contributed by atoms with Gasteiger partial charge in [0.05, 0.1) is 0 Å². The van der Waals surface area contributed by atoms with Crippen molar-refractivity contribution in [2.24, 2.45) is 0 Å². The lowest BCUT2D eigenvalue weighted by atomic mass is 9.88. The Labute approximate surface area is 112 Å². The maximum atomic E-state index is 10.9. The van der Waals surface area contributed by atoms with Crippen LogP contribution in [0.3, 0.4) is 0 Å². The van der Waals surface area contributed by atoms with Gasteiger partial charge in [0.2, 0.25) is 0 Å². The normalized spacial score (nSPS) is 16.5. The third-order valence-electron chi connectivity index (χ3n) is 3.80. The van der Waals surface area contributed by atoms with Gasteiger partial charge in [-0.1, -0.05) is 12.1 Å². The lowest BCUT2D eigenvalue weighted by molar-refractivity contribution is -0.131. The molecular formula is C16H17NO2. The molecule has 1 N–H and O–H groups in total. The predicted molar refractivity (Wildman–Crippen MR) is 76.3 cm³/mol. The number of carboxylic acid groups (broad SMARTS) is 1. The molecule has 3 rings (SSSR count). The Morgan fingerprint density at radius 1 is 1.37 bits per heavy atom. The number of nitrogens with zero attached hydrogens (tertiary/aromatic N) is 1. The number of aliphatic carboxylic acids is 1. The molecule has 0 unspecified atom stereocenters. The molecule has 3 heteroatoms. The molecule has 98 valence electrons. The average molecular weight is 255 g/mol. The topological polar surface area (TPSA) is 42.2 Å². The Kier molecular flexibility index (Phi) is 2.70. The summed E-state index contributed by atoms with van der Waals surface area (Å²) in [5.74, 6) is -0.862. The highest BCUT2D eigenvalue weighted by Gasteiger charge is 2.20. The number of carboxylic acids is 1. The van der Waals surface area contributed by atoms with Crippen LogP contribution in [-0.2, 0) is 11.2 Å². The predicted octanol–water partition coefficient (Wildman–Crippen LogP) is 3.64. The summed E-state index contributed by atoms with van der Waals surface area (Å²) in [6.07, 6.45) is 5.30. The van der Waals surface area contributed by atoms with Crippen LogP contribution in [0.15, 0.2) is 30.5 Å². The molecule has 0 saturated heterocycles. The molecule has 1 aromatic carbocycles. The highest BCUT2D eigenvalue weighted by Crippen LogP contribution is 2.38. The summed E-state index contributed by atoms with van der Waals surface area (Å²) in [6.45, 7) is 4.34. The van der Waals surface area contributed by atoms with E-state index in [1.54, 1.807) is 0 Å². The fourth-order valence-electron chi connectivity index (χ4n) is 2.98. The van der Waals surface area contributed by atoms with Crippen LogP contribution in [-0.4, -0.2) is 15.6 Å². The molecule has 2 aromatic rings. The summed E-state index contributed by atoms with van der Waals surface area (Å²) in [5.41, 5.74) is 4.56. The van der Waals surface area contributed by atoms with Crippen LogP contribution in [0.5, 0.6) is 0 Å². The molecule has 0 bridgehead atoms. The Morgan fingerprint density at radius 2 is 2.16 bits per heavy atom. The minimum Gasteiger partial charge on any atom is -0.478 e. The summed E-state index contributed by atoms with van der Waals surface area (Å²) in [5, 5.41) is 10.2. The fourth-order valence-corrected chi connectivity index (χ4v) is 2.98. The fraction of sp³-hybridized carbons (Fsp3) is 0.312. The molecule has 1 aliphatic rings. The highest BCUT2D eigenvalue weighted by atomic mass is 16.4. The smallest absolute Gasteiger partial charge is 0.328 e. The molecule has 0 radical (unpaired) electrons. The SMILES string of the molecule is CC(C)n1cc2c3c(cccc31)/C(=C/C(=O)O)CC2. The van der Waals surface area contributed by atoms with E-state index in [2.05, 4.69) is 30.7 Å². The molecule has 0 spiro atoms. The number of carbonyl (C=O) groups is 1. The average Bonchev–Trinajstić information content (AvgIpc) is 2.73. The van der Waals surface area contributed by atoms with E-state index in [4.69, 9.17) is 5.11 Å². The Morgan fingerprint density at radius 3 is 2.84 bits per heavy atom. The zero-order chi connectivity index (χ0) is 13.6. The molecule has 0 aliphatic heterocycles. The summed E-state index contributed by atoms with van der Waals surface area (Å²) in [7, 11) is 0. The van der Waals surface area contributed by atoms with Crippen molar-refractivity contribution in [3.63, 3.8) is 0 Å². The molecule has 1 aliphatic carbocycles. The minimum atomic E-state index is -0.862. The van der Waals surface area contributed by atoms with Crippen molar-refractivity contribution in [1.29, 1.82) is 0 Å². The standard InChI is InChI=1S/C16H17NO2/c1-10(2)17-9-12-7-6-11(8-15(18)19)13-4-3-5-14(17)16(12)13/h3-5,8-10H,6-7H2,1-2H3,(H,18,19)/b11-8+. The zero-order valence-electron chi connectivity index (χ0n) is 11.2. The van der Waals surface area contributed by atoms with E-state index >= 15 is 0 Å². The highest BCUT2D eigenvalue weighted by molar-refractivity contribution is 6.01. The Hall–Kier alpha value is -2.03. The van der Waals surface area contributed by atoms with Crippen LogP contribution < -0.4 is 0 Å². The van der Waals surface area contributed by atoms with Crippen molar-refractivity contribution < 1.29 is 9.90 Å².